The van der Waals surface area contributed by atoms with Crippen LogP contribution in [0.5, 0.6) is 0 Å². The van der Waals surface area contributed by atoms with Gasteiger partial charge >= 0.3 is 5.97 Å². The lowest BCUT2D eigenvalue weighted by Gasteiger charge is -2.13. The molecule has 6 nitrogen and oxygen atoms in total. The molecule has 1 aromatic carbocycles. The Labute approximate surface area is 121 Å². The summed E-state index contributed by atoms with van der Waals surface area (Å²) in [7, 11) is -3.81. The van der Waals surface area contributed by atoms with Crippen molar-refractivity contribution in [1.82, 2.24) is 4.72 Å². The minimum Gasteiger partial charge on any atom is -0.478 e. The summed E-state index contributed by atoms with van der Waals surface area (Å²) in [6, 6.07) is 2.96. The number of halogens is 1. The summed E-state index contributed by atoms with van der Waals surface area (Å²) in [4.78, 5) is 10.7. The Morgan fingerprint density at radius 3 is 2.70 bits per heavy atom. The van der Waals surface area contributed by atoms with E-state index in [1.807, 2.05) is 0 Å². The van der Waals surface area contributed by atoms with Gasteiger partial charge in [0.25, 0.3) is 0 Å². The number of carbonyl (C=O) groups is 1. The van der Waals surface area contributed by atoms with Crippen LogP contribution in [0.3, 0.4) is 0 Å². The second kappa shape index (κ2) is 5.53. The lowest BCUT2D eigenvalue weighted by molar-refractivity contribution is 0.0697. The molecule has 1 atom stereocenters. The van der Waals surface area contributed by atoms with Crippen LogP contribution in [0.2, 0.25) is 5.02 Å². The third-order valence-corrected chi connectivity index (χ3v) is 4.63. The molecular weight excluding hydrogens is 306 g/mol. The SMILES string of the molecule is C=C1COCC1NS(=O)(=O)c1ccc(C(=O)O)c(Cl)c1. The molecule has 0 aromatic heterocycles. The number of nitrogens with one attached hydrogen (secondary N) is 1. The minimum atomic E-state index is -3.81. The van der Waals surface area contributed by atoms with E-state index in [-0.39, 0.29) is 22.1 Å². The number of hydrogen-bond acceptors (Lipinski definition) is 4. The number of hydrogen-bond donors (Lipinski definition) is 2. The third kappa shape index (κ3) is 3.01. The highest BCUT2D eigenvalue weighted by Crippen LogP contribution is 2.22. The van der Waals surface area contributed by atoms with Crippen LogP contribution >= 0.6 is 11.6 Å². The smallest absolute Gasteiger partial charge is 0.337 e. The second-order valence-corrected chi connectivity index (χ2v) is 6.42. The van der Waals surface area contributed by atoms with Gasteiger partial charge in [0, 0.05) is 0 Å². The summed E-state index contributed by atoms with van der Waals surface area (Å²) in [5.41, 5.74) is 0.487. The first kappa shape index (κ1) is 15.0. The zero-order valence-electron chi connectivity index (χ0n) is 10.3. The van der Waals surface area contributed by atoms with Crippen LogP contribution in [0.1, 0.15) is 10.4 Å². The molecule has 1 heterocycles. The topological polar surface area (TPSA) is 92.7 Å². The zero-order chi connectivity index (χ0) is 14.9. The molecule has 1 aromatic rings. The monoisotopic (exact) mass is 317 g/mol. The molecule has 2 rings (SSSR count). The van der Waals surface area contributed by atoms with Crippen molar-refractivity contribution in [3.8, 4) is 0 Å². The van der Waals surface area contributed by atoms with E-state index in [0.717, 1.165) is 12.1 Å². The van der Waals surface area contributed by atoms with Gasteiger partial charge in [-0.05, 0) is 23.8 Å². The lowest BCUT2D eigenvalue weighted by Crippen LogP contribution is -2.36. The zero-order valence-corrected chi connectivity index (χ0v) is 11.9. The van der Waals surface area contributed by atoms with E-state index in [9.17, 15) is 13.2 Å². The molecule has 0 radical (unpaired) electrons. The predicted octanol–water partition coefficient (Wildman–Crippen LogP) is 1.27. The van der Waals surface area contributed by atoms with E-state index >= 15 is 0 Å². The molecule has 1 saturated heterocycles. The Morgan fingerprint density at radius 2 is 2.20 bits per heavy atom. The summed E-state index contributed by atoms with van der Waals surface area (Å²) in [6.45, 7) is 4.25. The van der Waals surface area contributed by atoms with Crippen molar-refractivity contribution in [2.75, 3.05) is 13.2 Å². The number of benzene rings is 1. The Balaban J connectivity index is 2.28. The normalized spacial score (nSPS) is 19.2. The maximum atomic E-state index is 12.2. The average Bonchev–Trinajstić information content (AvgIpc) is 2.73. The first-order valence-electron chi connectivity index (χ1n) is 5.62. The van der Waals surface area contributed by atoms with Crippen molar-refractivity contribution in [3.63, 3.8) is 0 Å². The maximum Gasteiger partial charge on any atom is 0.337 e. The van der Waals surface area contributed by atoms with Crippen LogP contribution < -0.4 is 4.72 Å². The van der Waals surface area contributed by atoms with E-state index in [2.05, 4.69) is 11.3 Å². The molecule has 1 aliphatic rings. The first-order chi connectivity index (χ1) is 9.31. The van der Waals surface area contributed by atoms with Crippen molar-refractivity contribution in [2.24, 2.45) is 0 Å². The molecule has 0 amide bonds. The number of carboxylic acids is 1. The van der Waals surface area contributed by atoms with Crippen LogP contribution in [0.25, 0.3) is 0 Å². The molecule has 20 heavy (non-hydrogen) atoms. The van der Waals surface area contributed by atoms with Gasteiger partial charge in [-0.2, -0.15) is 0 Å². The van der Waals surface area contributed by atoms with E-state index in [1.54, 1.807) is 0 Å². The molecule has 1 fully saturated rings. The highest BCUT2D eigenvalue weighted by molar-refractivity contribution is 7.89. The molecule has 8 heteroatoms. The number of ether oxygens (including phenoxy) is 1. The Morgan fingerprint density at radius 1 is 1.50 bits per heavy atom. The van der Waals surface area contributed by atoms with Gasteiger partial charge in [0.2, 0.25) is 10.0 Å². The predicted molar refractivity (Wildman–Crippen MR) is 72.5 cm³/mol. The van der Waals surface area contributed by atoms with Gasteiger partial charge in [0.1, 0.15) is 0 Å². The third-order valence-electron chi connectivity index (χ3n) is 2.84. The second-order valence-electron chi connectivity index (χ2n) is 4.29. The van der Waals surface area contributed by atoms with Gasteiger partial charge in [-0.25, -0.2) is 17.9 Å². The molecular formula is C12H12ClNO5S. The maximum absolute atomic E-state index is 12.2. The quantitative estimate of drug-likeness (QED) is 0.816. The Hall–Kier alpha value is -1.41. The number of carboxylic acid groups (broad SMARTS) is 1. The summed E-state index contributed by atoms with van der Waals surface area (Å²) in [5.74, 6) is -1.22. The molecule has 0 bridgehead atoms. The van der Waals surface area contributed by atoms with Crippen LogP contribution in [0.4, 0.5) is 0 Å². The number of sulfonamides is 1. The van der Waals surface area contributed by atoms with Crippen molar-refractivity contribution in [2.45, 2.75) is 10.9 Å². The van der Waals surface area contributed by atoms with E-state index in [0.29, 0.717) is 12.2 Å². The standard InChI is InChI=1S/C12H12ClNO5S/c1-7-5-19-6-11(7)14-20(17,18)8-2-3-9(12(15)16)10(13)4-8/h2-4,11,14H,1,5-6H2,(H,15,16). The highest BCUT2D eigenvalue weighted by atomic mass is 35.5. The molecule has 2 N–H and O–H groups in total. The van der Waals surface area contributed by atoms with E-state index in [4.69, 9.17) is 21.4 Å². The van der Waals surface area contributed by atoms with Crippen molar-refractivity contribution >= 4 is 27.6 Å². The van der Waals surface area contributed by atoms with Crippen LogP contribution in [-0.2, 0) is 14.8 Å². The average molecular weight is 318 g/mol. The Kier molecular flexibility index (Phi) is 4.14. The summed E-state index contributed by atoms with van der Waals surface area (Å²) in [6.07, 6.45) is 0. The van der Waals surface area contributed by atoms with E-state index < -0.39 is 22.0 Å². The van der Waals surface area contributed by atoms with Crippen LogP contribution in [0, 0.1) is 0 Å². The van der Waals surface area contributed by atoms with Gasteiger partial charge in [0.15, 0.2) is 0 Å². The van der Waals surface area contributed by atoms with Gasteiger partial charge in [-0.1, -0.05) is 18.2 Å². The molecule has 1 unspecified atom stereocenters. The summed E-state index contributed by atoms with van der Waals surface area (Å²) >= 11 is 5.76. The fourth-order valence-electron chi connectivity index (χ4n) is 1.74. The minimum absolute atomic E-state index is 0.104. The summed E-state index contributed by atoms with van der Waals surface area (Å²) in [5, 5.41) is 8.71. The van der Waals surface area contributed by atoms with Crippen LogP contribution in [0.15, 0.2) is 35.2 Å². The van der Waals surface area contributed by atoms with Crippen LogP contribution in [-0.4, -0.2) is 38.7 Å². The highest BCUT2D eigenvalue weighted by Gasteiger charge is 2.26. The van der Waals surface area contributed by atoms with Crippen molar-refractivity contribution in [3.05, 3.63) is 40.9 Å². The first-order valence-corrected chi connectivity index (χ1v) is 7.48. The molecule has 1 aliphatic heterocycles. The lowest BCUT2D eigenvalue weighted by atomic mass is 10.2. The van der Waals surface area contributed by atoms with Gasteiger partial charge in [-0.15, -0.1) is 0 Å². The molecule has 108 valence electrons. The fraction of sp³-hybridized carbons (Fsp3) is 0.250. The van der Waals surface area contributed by atoms with Gasteiger partial charge < -0.3 is 9.84 Å². The van der Waals surface area contributed by atoms with Gasteiger partial charge in [-0.3, -0.25) is 0 Å². The number of aromatic carboxylic acids is 1. The number of rotatable bonds is 4. The fourth-order valence-corrected chi connectivity index (χ4v) is 3.33. The largest absolute Gasteiger partial charge is 0.478 e. The summed E-state index contributed by atoms with van der Waals surface area (Å²) < 4.78 is 31.8. The Bertz CT molecular complexity index is 670. The van der Waals surface area contributed by atoms with Gasteiger partial charge in [0.05, 0.1) is 34.7 Å². The molecule has 0 spiro atoms. The van der Waals surface area contributed by atoms with Crippen molar-refractivity contribution < 1.29 is 23.1 Å². The van der Waals surface area contributed by atoms with Crippen molar-refractivity contribution in [1.29, 1.82) is 0 Å². The molecule has 0 aliphatic carbocycles. The molecule has 0 saturated carbocycles. The van der Waals surface area contributed by atoms with E-state index in [1.165, 1.54) is 6.07 Å².